The van der Waals surface area contributed by atoms with Gasteiger partial charge in [0, 0.05) is 5.92 Å². The van der Waals surface area contributed by atoms with Crippen LogP contribution in [0.5, 0.6) is 0 Å². The summed E-state index contributed by atoms with van der Waals surface area (Å²) < 4.78 is 0. The summed E-state index contributed by atoms with van der Waals surface area (Å²) in [6, 6.07) is 10.2. The largest absolute Gasteiger partial charge is 0.389 e. The van der Waals surface area contributed by atoms with Gasteiger partial charge in [0.2, 0.25) is 0 Å². The molecule has 1 aromatic carbocycles. The first-order valence-electron chi connectivity index (χ1n) is 8.64. The van der Waals surface area contributed by atoms with Crippen molar-refractivity contribution in [2.75, 3.05) is 0 Å². The van der Waals surface area contributed by atoms with Crippen LogP contribution in [0, 0.1) is 0 Å². The van der Waals surface area contributed by atoms with E-state index >= 15 is 0 Å². The van der Waals surface area contributed by atoms with Gasteiger partial charge >= 0.3 is 0 Å². The summed E-state index contributed by atoms with van der Waals surface area (Å²) in [7, 11) is 0. The minimum atomic E-state index is -0.730. The molecule has 0 bridgehead atoms. The average Bonchev–Trinajstić information content (AvgIpc) is 2.49. The summed E-state index contributed by atoms with van der Waals surface area (Å²) in [5, 5.41) is 22.7. The Balaban J connectivity index is 1.98. The standard InChI is InChI=1S/C19H28O2/c20-18(12-6-2-7-13-18)17(16-10-4-1-5-11-16)19(21)14-8-3-9-15-19/h1,4-5,10-11,17,20-21H,2-3,6-9,12-15H2. The summed E-state index contributed by atoms with van der Waals surface area (Å²) >= 11 is 0. The molecule has 2 saturated carbocycles. The molecule has 0 atom stereocenters. The molecule has 0 heterocycles. The van der Waals surface area contributed by atoms with E-state index in [1.165, 1.54) is 12.8 Å². The lowest BCUT2D eigenvalue weighted by atomic mass is 9.62. The first-order chi connectivity index (χ1) is 10.1. The van der Waals surface area contributed by atoms with Crippen molar-refractivity contribution in [1.29, 1.82) is 0 Å². The monoisotopic (exact) mass is 288 g/mol. The average molecular weight is 288 g/mol. The molecule has 21 heavy (non-hydrogen) atoms. The van der Waals surface area contributed by atoms with Crippen LogP contribution in [0.3, 0.4) is 0 Å². The molecule has 2 aliphatic carbocycles. The lowest BCUT2D eigenvalue weighted by molar-refractivity contribution is -0.119. The van der Waals surface area contributed by atoms with Crippen LogP contribution in [-0.4, -0.2) is 21.4 Å². The highest BCUT2D eigenvalue weighted by atomic mass is 16.3. The van der Waals surface area contributed by atoms with Gasteiger partial charge in [-0.15, -0.1) is 0 Å². The van der Waals surface area contributed by atoms with Crippen molar-refractivity contribution in [2.24, 2.45) is 0 Å². The molecule has 2 aliphatic rings. The number of hydrogen-bond donors (Lipinski definition) is 2. The molecule has 3 rings (SSSR count). The third-order valence-electron chi connectivity index (χ3n) is 5.65. The van der Waals surface area contributed by atoms with Crippen LogP contribution in [0.15, 0.2) is 30.3 Å². The fraction of sp³-hybridized carbons (Fsp3) is 0.684. The molecule has 0 saturated heterocycles. The Morgan fingerprint density at radius 2 is 1.10 bits per heavy atom. The minimum Gasteiger partial charge on any atom is -0.389 e. The van der Waals surface area contributed by atoms with Gasteiger partial charge in [0.05, 0.1) is 11.2 Å². The number of rotatable bonds is 3. The van der Waals surface area contributed by atoms with Gasteiger partial charge in [0.15, 0.2) is 0 Å². The third kappa shape index (κ3) is 3.02. The Kier molecular flexibility index (Phi) is 4.37. The number of aliphatic hydroxyl groups is 2. The lowest BCUT2D eigenvalue weighted by Gasteiger charge is -2.49. The predicted octanol–water partition coefficient (Wildman–Crippen LogP) is 4.16. The van der Waals surface area contributed by atoms with Gasteiger partial charge in [-0.3, -0.25) is 0 Å². The Hall–Kier alpha value is -0.860. The van der Waals surface area contributed by atoms with E-state index < -0.39 is 11.2 Å². The van der Waals surface area contributed by atoms with Gasteiger partial charge < -0.3 is 10.2 Å². The Morgan fingerprint density at radius 3 is 1.52 bits per heavy atom. The summed E-state index contributed by atoms with van der Waals surface area (Å²) in [5.74, 6) is -0.133. The van der Waals surface area contributed by atoms with Crippen molar-refractivity contribution < 1.29 is 10.2 Å². The molecular formula is C19H28O2. The van der Waals surface area contributed by atoms with E-state index in [4.69, 9.17) is 0 Å². The van der Waals surface area contributed by atoms with Gasteiger partial charge in [-0.05, 0) is 31.2 Å². The molecule has 0 amide bonds. The maximum absolute atomic E-state index is 11.3. The third-order valence-corrected chi connectivity index (χ3v) is 5.65. The molecule has 0 unspecified atom stereocenters. The molecular weight excluding hydrogens is 260 g/mol. The maximum atomic E-state index is 11.3. The fourth-order valence-electron chi connectivity index (χ4n) is 4.67. The summed E-state index contributed by atoms with van der Waals surface area (Å²) in [5.41, 5.74) is -0.344. The van der Waals surface area contributed by atoms with Gasteiger partial charge in [0.25, 0.3) is 0 Å². The molecule has 116 valence electrons. The molecule has 2 heteroatoms. The SMILES string of the molecule is OC1(C(c2ccccc2)C2(O)CCCCC2)CCCCC1. The van der Waals surface area contributed by atoms with Crippen molar-refractivity contribution in [3.63, 3.8) is 0 Å². The van der Waals surface area contributed by atoms with Crippen molar-refractivity contribution in [3.8, 4) is 0 Å². The molecule has 0 spiro atoms. The van der Waals surface area contributed by atoms with E-state index in [0.717, 1.165) is 56.9 Å². The van der Waals surface area contributed by atoms with Gasteiger partial charge in [-0.2, -0.15) is 0 Å². The van der Waals surface area contributed by atoms with Crippen molar-refractivity contribution in [2.45, 2.75) is 81.3 Å². The summed E-state index contributed by atoms with van der Waals surface area (Å²) in [6.07, 6.45) is 10.1. The van der Waals surface area contributed by atoms with E-state index in [-0.39, 0.29) is 5.92 Å². The molecule has 0 radical (unpaired) electrons. The van der Waals surface area contributed by atoms with Crippen LogP contribution in [0.25, 0.3) is 0 Å². The lowest BCUT2D eigenvalue weighted by Crippen LogP contribution is -2.52. The second-order valence-electron chi connectivity index (χ2n) is 7.17. The number of benzene rings is 1. The zero-order valence-electron chi connectivity index (χ0n) is 12.9. The normalized spacial score (nSPS) is 24.9. The zero-order valence-corrected chi connectivity index (χ0v) is 12.9. The second kappa shape index (κ2) is 6.10. The van der Waals surface area contributed by atoms with E-state index in [2.05, 4.69) is 12.1 Å². The Bertz CT molecular complexity index is 418. The minimum absolute atomic E-state index is 0.133. The van der Waals surface area contributed by atoms with Crippen LogP contribution in [0.2, 0.25) is 0 Å². The van der Waals surface area contributed by atoms with E-state index in [0.29, 0.717) is 0 Å². The van der Waals surface area contributed by atoms with Crippen LogP contribution < -0.4 is 0 Å². The molecule has 2 fully saturated rings. The van der Waals surface area contributed by atoms with Crippen molar-refractivity contribution in [3.05, 3.63) is 35.9 Å². The van der Waals surface area contributed by atoms with Gasteiger partial charge in [-0.25, -0.2) is 0 Å². The first-order valence-corrected chi connectivity index (χ1v) is 8.64. The fourth-order valence-corrected chi connectivity index (χ4v) is 4.67. The highest BCUT2D eigenvalue weighted by molar-refractivity contribution is 5.27. The predicted molar refractivity (Wildman–Crippen MR) is 85.3 cm³/mol. The van der Waals surface area contributed by atoms with Crippen molar-refractivity contribution in [1.82, 2.24) is 0 Å². The van der Waals surface area contributed by atoms with Crippen LogP contribution in [0.4, 0.5) is 0 Å². The van der Waals surface area contributed by atoms with Crippen LogP contribution in [-0.2, 0) is 0 Å². The van der Waals surface area contributed by atoms with Crippen LogP contribution >= 0.6 is 0 Å². The molecule has 1 aromatic rings. The molecule has 2 nitrogen and oxygen atoms in total. The molecule has 0 aromatic heterocycles. The molecule has 2 N–H and O–H groups in total. The van der Waals surface area contributed by atoms with Gasteiger partial charge in [-0.1, -0.05) is 68.9 Å². The second-order valence-corrected chi connectivity index (χ2v) is 7.17. The maximum Gasteiger partial charge on any atom is 0.0743 e. The molecule has 0 aliphatic heterocycles. The van der Waals surface area contributed by atoms with E-state index in [9.17, 15) is 10.2 Å². The number of hydrogen-bond acceptors (Lipinski definition) is 2. The van der Waals surface area contributed by atoms with Crippen LogP contribution in [0.1, 0.15) is 75.7 Å². The van der Waals surface area contributed by atoms with Crippen molar-refractivity contribution >= 4 is 0 Å². The first kappa shape index (κ1) is 15.1. The van der Waals surface area contributed by atoms with E-state index in [1.807, 2.05) is 18.2 Å². The smallest absolute Gasteiger partial charge is 0.0743 e. The summed E-state index contributed by atoms with van der Waals surface area (Å²) in [6.45, 7) is 0. The van der Waals surface area contributed by atoms with Gasteiger partial charge in [0.1, 0.15) is 0 Å². The topological polar surface area (TPSA) is 40.5 Å². The zero-order chi connectivity index (χ0) is 14.8. The Labute approximate surface area is 128 Å². The highest BCUT2D eigenvalue weighted by Crippen LogP contribution is 2.50. The highest BCUT2D eigenvalue weighted by Gasteiger charge is 2.50. The quantitative estimate of drug-likeness (QED) is 0.876. The van der Waals surface area contributed by atoms with E-state index in [1.54, 1.807) is 0 Å². The summed E-state index contributed by atoms with van der Waals surface area (Å²) in [4.78, 5) is 0. The Morgan fingerprint density at radius 1 is 0.667 bits per heavy atom.